The third-order valence-corrected chi connectivity index (χ3v) is 4.86. The zero-order valence-corrected chi connectivity index (χ0v) is 14.9. The average Bonchev–Trinajstić information content (AvgIpc) is 3.14. The number of nitrogens with one attached hydrogen (secondary N) is 1. The third-order valence-electron chi connectivity index (χ3n) is 4.86. The van der Waals surface area contributed by atoms with Crippen LogP contribution in [0.25, 0.3) is 5.69 Å². The summed E-state index contributed by atoms with van der Waals surface area (Å²) >= 11 is 0. The van der Waals surface area contributed by atoms with E-state index in [-0.39, 0.29) is 24.4 Å². The Kier molecular flexibility index (Phi) is 5.20. The van der Waals surface area contributed by atoms with Gasteiger partial charge in [0.05, 0.1) is 29.7 Å². The standard InChI is InChI=1S/C18H23N5O3/c1-12-5-6-15(23-20-7-8-21-23)14(10-12)17(24)22-9-3-4-13(2)16(22)11-19-18(25)26/h5-8,10,13,16,19H,3-4,9,11H2,1-2H3,(H,25,26). The van der Waals surface area contributed by atoms with Crippen molar-refractivity contribution in [2.24, 2.45) is 5.92 Å². The minimum atomic E-state index is -1.08. The first-order chi connectivity index (χ1) is 12.5. The van der Waals surface area contributed by atoms with Crippen molar-refractivity contribution in [1.82, 2.24) is 25.2 Å². The van der Waals surface area contributed by atoms with E-state index in [1.54, 1.807) is 17.3 Å². The summed E-state index contributed by atoms with van der Waals surface area (Å²) in [5.74, 6) is 0.0976. The van der Waals surface area contributed by atoms with E-state index in [0.29, 0.717) is 17.8 Å². The van der Waals surface area contributed by atoms with Crippen molar-refractivity contribution in [1.29, 1.82) is 0 Å². The first-order valence-corrected chi connectivity index (χ1v) is 8.72. The summed E-state index contributed by atoms with van der Waals surface area (Å²) in [6, 6.07) is 5.41. The number of amides is 2. The molecule has 2 heterocycles. The van der Waals surface area contributed by atoms with E-state index in [4.69, 9.17) is 5.11 Å². The molecule has 3 rings (SSSR count). The van der Waals surface area contributed by atoms with Gasteiger partial charge < -0.3 is 15.3 Å². The molecule has 1 aromatic carbocycles. The molecule has 2 aromatic rings. The molecule has 0 aliphatic carbocycles. The molecule has 138 valence electrons. The smallest absolute Gasteiger partial charge is 0.404 e. The molecule has 0 radical (unpaired) electrons. The summed E-state index contributed by atoms with van der Waals surface area (Å²) < 4.78 is 0. The second kappa shape index (κ2) is 7.55. The lowest BCUT2D eigenvalue weighted by Crippen LogP contribution is -2.53. The van der Waals surface area contributed by atoms with Gasteiger partial charge in [-0.3, -0.25) is 4.79 Å². The number of benzene rings is 1. The highest BCUT2D eigenvalue weighted by Gasteiger charge is 2.33. The number of carbonyl (C=O) groups is 2. The lowest BCUT2D eigenvalue weighted by molar-refractivity contribution is 0.0514. The Labute approximate surface area is 151 Å². The zero-order valence-electron chi connectivity index (χ0n) is 14.9. The van der Waals surface area contributed by atoms with Crippen molar-refractivity contribution < 1.29 is 14.7 Å². The number of likely N-dealkylation sites (tertiary alicyclic amines) is 1. The number of aromatic nitrogens is 3. The van der Waals surface area contributed by atoms with E-state index in [1.165, 1.54) is 4.80 Å². The second-order valence-electron chi connectivity index (χ2n) is 6.71. The highest BCUT2D eigenvalue weighted by molar-refractivity contribution is 5.98. The van der Waals surface area contributed by atoms with Gasteiger partial charge in [-0.25, -0.2) is 4.79 Å². The molecule has 0 saturated carbocycles. The summed E-state index contributed by atoms with van der Waals surface area (Å²) in [5.41, 5.74) is 2.11. The molecule has 26 heavy (non-hydrogen) atoms. The van der Waals surface area contributed by atoms with Gasteiger partial charge in [0.2, 0.25) is 0 Å². The highest BCUT2D eigenvalue weighted by Crippen LogP contribution is 2.26. The number of aryl methyl sites for hydroxylation is 1. The van der Waals surface area contributed by atoms with Crippen LogP contribution in [0.1, 0.15) is 35.7 Å². The molecule has 1 fully saturated rings. The van der Waals surface area contributed by atoms with Crippen LogP contribution < -0.4 is 5.32 Å². The Morgan fingerprint density at radius 2 is 2.04 bits per heavy atom. The first kappa shape index (κ1) is 17.9. The Balaban J connectivity index is 1.94. The van der Waals surface area contributed by atoms with Gasteiger partial charge >= 0.3 is 6.09 Å². The topological polar surface area (TPSA) is 100 Å². The normalized spacial score (nSPS) is 20.0. The summed E-state index contributed by atoms with van der Waals surface area (Å²) in [4.78, 5) is 27.5. The van der Waals surface area contributed by atoms with Crippen LogP contribution >= 0.6 is 0 Å². The quantitative estimate of drug-likeness (QED) is 0.873. The van der Waals surface area contributed by atoms with Gasteiger partial charge in [-0.15, -0.1) is 0 Å². The van der Waals surface area contributed by atoms with Crippen molar-refractivity contribution in [2.45, 2.75) is 32.7 Å². The fraction of sp³-hybridized carbons (Fsp3) is 0.444. The number of carboxylic acid groups (broad SMARTS) is 1. The molecule has 8 nitrogen and oxygen atoms in total. The Hall–Kier alpha value is -2.90. The lowest BCUT2D eigenvalue weighted by Gasteiger charge is -2.40. The van der Waals surface area contributed by atoms with E-state index in [9.17, 15) is 9.59 Å². The molecule has 8 heteroatoms. The fourth-order valence-corrected chi connectivity index (χ4v) is 3.49. The molecule has 1 aromatic heterocycles. The van der Waals surface area contributed by atoms with Crippen molar-refractivity contribution in [2.75, 3.05) is 13.1 Å². The summed E-state index contributed by atoms with van der Waals surface area (Å²) in [6.07, 6.45) is 3.93. The summed E-state index contributed by atoms with van der Waals surface area (Å²) in [6.45, 7) is 4.82. The van der Waals surface area contributed by atoms with E-state index < -0.39 is 6.09 Å². The molecule has 2 amide bonds. The third kappa shape index (κ3) is 3.68. The van der Waals surface area contributed by atoms with Crippen LogP contribution in [0.3, 0.4) is 0 Å². The Morgan fingerprint density at radius 3 is 2.73 bits per heavy atom. The number of carbonyl (C=O) groups excluding carboxylic acids is 1. The maximum atomic E-state index is 13.4. The minimum absolute atomic E-state index is 0.121. The van der Waals surface area contributed by atoms with Gasteiger partial charge in [-0.1, -0.05) is 18.6 Å². The predicted molar refractivity (Wildman–Crippen MR) is 95.3 cm³/mol. The zero-order chi connectivity index (χ0) is 18.7. The van der Waals surface area contributed by atoms with E-state index in [0.717, 1.165) is 18.4 Å². The van der Waals surface area contributed by atoms with Crippen LogP contribution in [0.15, 0.2) is 30.6 Å². The molecule has 1 aliphatic heterocycles. The van der Waals surface area contributed by atoms with Gasteiger partial charge in [0, 0.05) is 13.1 Å². The van der Waals surface area contributed by atoms with E-state index in [2.05, 4.69) is 22.4 Å². The molecular formula is C18H23N5O3. The Bertz CT molecular complexity index is 790. The van der Waals surface area contributed by atoms with Gasteiger partial charge in [0.1, 0.15) is 0 Å². The van der Waals surface area contributed by atoms with Crippen molar-refractivity contribution in [3.63, 3.8) is 0 Å². The van der Waals surface area contributed by atoms with Crippen LogP contribution in [-0.2, 0) is 0 Å². The molecule has 1 saturated heterocycles. The first-order valence-electron chi connectivity index (χ1n) is 8.72. The predicted octanol–water partition coefficient (Wildman–Crippen LogP) is 2.08. The van der Waals surface area contributed by atoms with Gasteiger partial charge in [0.15, 0.2) is 0 Å². The number of piperidine rings is 1. The SMILES string of the molecule is Cc1ccc(-n2nccn2)c(C(=O)N2CCCC(C)C2CNC(=O)O)c1. The Morgan fingerprint density at radius 1 is 1.31 bits per heavy atom. The second-order valence-corrected chi connectivity index (χ2v) is 6.71. The van der Waals surface area contributed by atoms with Crippen LogP contribution in [0.4, 0.5) is 4.79 Å². The van der Waals surface area contributed by atoms with Gasteiger partial charge in [0.25, 0.3) is 5.91 Å². The van der Waals surface area contributed by atoms with Crippen LogP contribution in [0.2, 0.25) is 0 Å². The number of nitrogens with zero attached hydrogens (tertiary/aromatic N) is 4. The maximum Gasteiger partial charge on any atom is 0.404 e. The van der Waals surface area contributed by atoms with E-state index in [1.807, 2.05) is 25.1 Å². The number of rotatable bonds is 4. The molecule has 2 atom stereocenters. The van der Waals surface area contributed by atoms with Crippen molar-refractivity contribution >= 4 is 12.0 Å². The van der Waals surface area contributed by atoms with Crippen molar-refractivity contribution in [3.05, 3.63) is 41.7 Å². The monoisotopic (exact) mass is 357 g/mol. The molecular weight excluding hydrogens is 334 g/mol. The van der Waals surface area contributed by atoms with E-state index >= 15 is 0 Å². The fourth-order valence-electron chi connectivity index (χ4n) is 3.49. The number of hydrogen-bond donors (Lipinski definition) is 2. The molecule has 2 unspecified atom stereocenters. The summed E-state index contributed by atoms with van der Waals surface area (Å²) in [5, 5.41) is 19.7. The summed E-state index contributed by atoms with van der Waals surface area (Å²) in [7, 11) is 0. The maximum absolute atomic E-state index is 13.4. The van der Waals surface area contributed by atoms with Gasteiger partial charge in [-0.2, -0.15) is 15.0 Å². The van der Waals surface area contributed by atoms with Crippen LogP contribution in [0, 0.1) is 12.8 Å². The van der Waals surface area contributed by atoms with Crippen LogP contribution in [0.5, 0.6) is 0 Å². The molecule has 2 N–H and O–H groups in total. The largest absolute Gasteiger partial charge is 0.465 e. The molecule has 0 bridgehead atoms. The average molecular weight is 357 g/mol. The number of hydrogen-bond acceptors (Lipinski definition) is 4. The molecule has 1 aliphatic rings. The van der Waals surface area contributed by atoms with Crippen LogP contribution in [-0.4, -0.2) is 56.1 Å². The lowest BCUT2D eigenvalue weighted by atomic mass is 9.90. The van der Waals surface area contributed by atoms with Gasteiger partial charge in [-0.05, 0) is 37.8 Å². The minimum Gasteiger partial charge on any atom is -0.465 e. The van der Waals surface area contributed by atoms with Crippen molar-refractivity contribution in [3.8, 4) is 5.69 Å². The highest BCUT2D eigenvalue weighted by atomic mass is 16.4. The molecule has 0 spiro atoms.